The largest absolute Gasteiger partial charge is 0.494 e. The van der Waals surface area contributed by atoms with E-state index in [9.17, 15) is 24.6 Å². The number of pyridine rings is 1. The van der Waals surface area contributed by atoms with E-state index in [-0.39, 0.29) is 27.3 Å². The lowest BCUT2D eigenvalue weighted by atomic mass is 10.1. The van der Waals surface area contributed by atoms with Crippen LogP contribution in [-0.4, -0.2) is 40.8 Å². The number of para-hydroxylation sites is 1. The van der Waals surface area contributed by atoms with Crippen molar-refractivity contribution in [2.45, 2.75) is 0 Å². The Kier molecular flexibility index (Phi) is 5.65. The quantitative estimate of drug-likeness (QED) is 0.557. The molecule has 31 heavy (non-hydrogen) atoms. The molecule has 0 bridgehead atoms. The summed E-state index contributed by atoms with van der Waals surface area (Å²) < 4.78 is 0.762. The smallest absolute Gasteiger partial charge is 0.337 e. The van der Waals surface area contributed by atoms with Crippen molar-refractivity contribution in [2.75, 3.05) is 19.0 Å². The van der Waals surface area contributed by atoms with Gasteiger partial charge in [-0.25, -0.2) is 9.36 Å². The van der Waals surface area contributed by atoms with Gasteiger partial charge in [0.25, 0.3) is 11.5 Å². The van der Waals surface area contributed by atoms with E-state index in [0.29, 0.717) is 5.56 Å². The Balaban J connectivity index is 2.42. The number of nitrogens with zero attached hydrogens (tertiary/aromatic N) is 2. The summed E-state index contributed by atoms with van der Waals surface area (Å²) in [5, 5.41) is 20.1. The van der Waals surface area contributed by atoms with Gasteiger partial charge < -0.3 is 20.8 Å². The zero-order valence-corrected chi connectivity index (χ0v) is 17.0. The van der Waals surface area contributed by atoms with Gasteiger partial charge in [-0.3, -0.25) is 9.59 Å². The van der Waals surface area contributed by atoms with Crippen molar-refractivity contribution >= 4 is 30.2 Å². The highest BCUT2D eigenvalue weighted by Gasteiger charge is 2.21. The first-order valence-electron chi connectivity index (χ1n) is 9.22. The van der Waals surface area contributed by atoms with Crippen LogP contribution in [0.3, 0.4) is 0 Å². The summed E-state index contributed by atoms with van der Waals surface area (Å²) in [6.07, 6.45) is 1.51. The number of carboxylic acids is 1. The molecule has 0 radical (unpaired) electrons. The summed E-state index contributed by atoms with van der Waals surface area (Å²) in [5.41, 5.74) is 5.60. The molecule has 2 aromatic carbocycles. The lowest BCUT2D eigenvalue weighted by Crippen LogP contribution is -2.47. The van der Waals surface area contributed by atoms with E-state index < -0.39 is 23.3 Å². The molecular weight excluding hydrogens is 398 g/mol. The molecular formula is C23H21N3O5. The van der Waals surface area contributed by atoms with Crippen LogP contribution in [0.15, 0.2) is 53.3 Å². The van der Waals surface area contributed by atoms with Gasteiger partial charge in [-0.2, -0.15) is 0 Å². The van der Waals surface area contributed by atoms with Crippen molar-refractivity contribution < 1.29 is 19.8 Å². The first kappa shape index (κ1) is 21.4. The molecule has 0 spiro atoms. The van der Waals surface area contributed by atoms with Gasteiger partial charge in [-0.15, -0.1) is 0 Å². The monoisotopic (exact) mass is 419 g/mol. The molecule has 4 N–H and O–H groups in total. The molecule has 0 saturated heterocycles. The summed E-state index contributed by atoms with van der Waals surface area (Å²) in [6, 6.07) is 12.9. The highest BCUT2D eigenvalue weighted by Crippen LogP contribution is 2.20. The molecule has 0 aliphatic heterocycles. The van der Waals surface area contributed by atoms with E-state index in [0.717, 1.165) is 10.3 Å². The number of anilines is 1. The molecule has 1 heterocycles. The van der Waals surface area contributed by atoms with Gasteiger partial charge in [-0.1, -0.05) is 30.8 Å². The maximum Gasteiger partial charge on any atom is 0.337 e. The van der Waals surface area contributed by atoms with Crippen LogP contribution in [0.1, 0.15) is 26.3 Å². The van der Waals surface area contributed by atoms with Gasteiger partial charge in [0, 0.05) is 25.0 Å². The molecule has 0 fully saturated rings. The second kappa shape index (κ2) is 8.19. The van der Waals surface area contributed by atoms with Gasteiger partial charge in [0.15, 0.2) is 0 Å². The number of nitrogens with two attached hydrogens (primary N) is 1. The van der Waals surface area contributed by atoms with Gasteiger partial charge in [0.1, 0.15) is 5.56 Å². The molecule has 3 rings (SSSR count). The normalized spacial score (nSPS) is 11.4. The Bertz CT molecular complexity index is 1360. The van der Waals surface area contributed by atoms with Crippen LogP contribution in [0.5, 0.6) is 5.88 Å². The summed E-state index contributed by atoms with van der Waals surface area (Å²) in [7, 11) is 3.79. The summed E-state index contributed by atoms with van der Waals surface area (Å²) in [5.74, 6) is -3.07. The Morgan fingerprint density at radius 1 is 1.10 bits per heavy atom. The van der Waals surface area contributed by atoms with Crippen molar-refractivity contribution in [1.29, 1.82) is 0 Å². The van der Waals surface area contributed by atoms with Crippen LogP contribution < -0.4 is 26.6 Å². The minimum atomic E-state index is -1.30. The summed E-state index contributed by atoms with van der Waals surface area (Å²) in [4.78, 5) is 38.9. The lowest BCUT2D eigenvalue weighted by molar-refractivity contribution is 0.0696. The number of aromatic carboxylic acids is 1. The molecule has 0 saturated carbocycles. The molecule has 1 amide bonds. The molecule has 3 aromatic rings. The number of primary amides is 1. The predicted octanol–water partition coefficient (Wildman–Crippen LogP) is 0.645. The van der Waals surface area contributed by atoms with Crippen LogP contribution in [-0.2, 0) is 0 Å². The van der Waals surface area contributed by atoms with Crippen molar-refractivity contribution in [3.63, 3.8) is 0 Å². The minimum absolute atomic E-state index is 0.00407. The Morgan fingerprint density at radius 2 is 1.71 bits per heavy atom. The number of aromatic hydroxyl groups is 1. The van der Waals surface area contributed by atoms with Crippen LogP contribution in [0.2, 0.25) is 0 Å². The van der Waals surface area contributed by atoms with Gasteiger partial charge in [0.2, 0.25) is 5.88 Å². The third kappa shape index (κ3) is 3.91. The first-order valence-corrected chi connectivity index (χ1v) is 9.22. The highest BCUT2D eigenvalue weighted by molar-refractivity contribution is 5.96. The molecule has 158 valence electrons. The number of carbonyl (C=O) groups is 2. The molecule has 0 atom stereocenters. The maximum atomic E-state index is 13.3. The van der Waals surface area contributed by atoms with Crippen molar-refractivity contribution in [2.24, 2.45) is 5.73 Å². The average molecular weight is 419 g/mol. The summed E-state index contributed by atoms with van der Waals surface area (Å²) in [6.45, 7) is 3.77. The molecule has 0 aliphatic rings. The number of carboxylic acid groups (broad SMARTS) is 1. The lowest BCUT2D eigenvalue weighted by Gasteiger charge is -2.14. The fraction of sp³-hybridized carbons (Fsp3) is 0.0870. The van der Waals surface area contributed by atoms with Crippen molar-refractivity contribution in [1.82, 2.24) is 4.57 Å². The second-order valence-electron chi connectivity index (χ2n) is 7.05. The SMILES string of the molecule is C=c1c(C(N)=O)c(O)n(-c2ccccc2C(=O)O)c(=O)c1=Cc1ccc(N(C)C)cc1. The minimum Gasteiger partial charge on any atom is -0.494 e. The number of hydrogen-bond acceptors (Lipinski definition) is 5. The Hall–Kier alpha value is -4.33. The van der Waals surface area contributed by atoms with E-state index in [1.807, 2.05) is 31.1 Å². The fourth-order valence-corrected chi connectivity index (χ4v) is 3.24. The Morgan fingerprint density at radius 3 is 2.26 bits per heavy atom. The maximum absolute atomic E-state index is 13.3. The average Bonchev–Trinajstić information content (AvgIpc) is 2.71. The van der Waals surface area contributed by atoms with E-state index in [2.05, 4.69) is 6.58 Å². The van der Waals surface area contributed by atoms with E-state index in [4.69, 9.17) is 5.73 Å². The Labute approximate surface area is 177 Å². The van der Waals surface area contributed by atoms with Crippen LogP contribution in [0.4, 0.5) is 5.69 Å². The number of benzene rings is 2. The fourth-order valence-electron chi connectivity index (χ4n) is 3.24. The molecule has 1 aromatic heterocycles. The third-order valence-corrected chi connectivity index (χ3v) is 4.84. The van der Waals surface area contributed by atoms with Crippen molar-refractivity contribution in [3.8, 4) is 11.6 Å². The topological polar surface area (TPSA) is 126 Å². The van der Waals surface area contributed by atoms with Crippen LogP contribution in [0.25, 0.3) is 18.3 Å². The molecule has 8 nitrogen and oxygen atoms in total. The van der Waals surface area contributed by atoms with Gasteiger partial charge >= 0.3 is 5.97 Å². The number of rotatable bonds is 5. The third-order valence-electron chi connectivity index (χ3n) is 4.84. The molecule has 0 aliphatic carbocycles. The van der Waals surface area contributed by atoms with E-state index >= 15 is 0 Å². The molecule has 8 heteroatoms. The van der Waals surface area contributed by atoms with Gasteiger partial charge in [-0.05, 0) is 41.1 Å². The second-order valence-corrected chi connectivity index (χ2v) is 7.05. The number of carbonyl (C=O) groups excluding carboxylic acids is 1. The van der Waals surface area contributed by atoms with Gasteiger partial charge in [0.05, 0.1) is 11.3 Å². The first-order chi connectivity index (χ1) is 14.6. The standard InChI is InChI=1S/C23H21N3O5/c1-13-17(12-14-8-10-15(11-9-14)25(2)3)21(28)26(22(29)19(13)20(24)27)18-7-5-4-6-16(18)23(30)31/h4-12,29H,1H2,2-3H3,(H2,24,27)(H,30,31). The zero-order chi connectivity index (χ0) is 22.9. The zero-order valence-electron chi connectivity index (χ0n) is 17.0. The van der Waals surface area contributed by atoms with Crippen molar-refractivity contribution in [3.05, 3.63) is 86.0 Å². The summed E-state index contributed by atoms with van der Waals surface area (Å²) >= 11 is 0. The highest BCUT2D eigenvalue weighted by atomic mass is 16.4. The predicted molar refractivity (Wildman–Crippen MR) is 118 cm³/mol. The van der Waals surface area contributed by atoms with E-state index in [1.54, 1.807) is 12.1 Å². The van der Waals surface area contributed by atoms with E-state index in [1.165, 1.54) is 30.3 Å². The number of hydrogen-bond donors (Lipinski definition) is 3. The van der Waals surface area contributed by atoms with Crippen LogP contribution in [0, 0.1) is 0 Å². The molecule has 0 unspecified atom stereocenters. The number of aromatic nitrogens is 1. The number of amides is 1. The van der Waals surface area contributed by atoms with Crippen LogP contribution >= 0.6 is 0 Å².